The van der Waals surface area contributed by atoms with Crippen molar-refractivity contribution in [1.29, 1.82) is 0 Å². The standard InChI is InChI=1S/C21H24N2O4S/c1-3-18-10-19-20(28-18)22-13-23(21(19)26)11-16(25)12-27-17-8-6-15(7-9-17)5-4-14(2)24/h6-10,13,16,25H,3-5,11-12H2,1-2H3. The second kappa shape index (κ2) is 9.12. The largest absolute Gasteiger partial charge is 0.491 e. The van der Waals surface area contributed by atoms with E-state index in [1.54, 1.807) is 6.92 Å². The molecule has 3 aromatic rings. The SMILES string of the molecule is CCc1cc2c(=O)n(CC(O)COc3ccc(CCC(C)=O)cc3)cnc2s1. The molecule has 6 nitrogen and oxygen atoms in total. The number of carbonyl (C=O) groups excluding carboxylic acids is 1. The van der Waals surface area contributed by atoms with Crippen LogP contribution in [0.3, 0.4) is 0 Å². The maximum Gasteiger partial charge on any atom is 0.262 e. The van der Waals surface area contributed by atoms with Crippen molar-refractivity contribution < 1.29 is 14.6 Å². The number of Topliss-reactive ketones (excluding diaryl/α,β-unsaturated/α-hetero) is 1. The van der Waals surface area contributed by atoms with Crippen LogP contribution in [-0.2, 0) is 24.2 Å². The first-order chi connectivity index (χ1) is 13.5. The molecule has 0 amide bonds. The molecule has 1 atom stereocenters. The fourth-order valence-corrected chi connectivity index (χ4v) is 3.78. The number of ketones is 1. The van der Waals surface area contributed by atoms with Crippen molar-refractivity contribution in [2.45, 2.75) is 45.8 Å². The fourth-order valence-electron chi connectivity index (χ4n) is 2.86. The average molecular weight is 401 g/mol. The van der Waals surface area contributed by atoms with E-state index in [1.165, 1.54) is 22.2 Å². The van der Waals surface area contributed by atoms with Crippen molar-refractivity contribution in [2.75, 3.05) is 6.61 Å². The van der Waals surface area contributed by atoms with Gasteiger partial charge in [-0.3, -0.25) is 9.36 Å². The lowest BCUT2D eigenvalue weighted by molar-refractivity contribution is -0.116. The second-order valence-electron chi connectivity index (χ2n) is 6.80. The molecule has 28 heavy (non-hydrogen) atoms. The number of thiophene rings is 1. The molecular weight excluding hydrogens is 376 g/mol. The van der Waals surface area contributed by atoms with Gasteiger partial charge in [0.15, 0.2) is 0 Å². The first-order valence-corrected chi connectivity index (χ1v) is 10.1. The summed E-state index contributed by atoms with van der Waals surface area (Å²) in [5.41, 5.74) is 0.922. The predicted octanol–water partition coefficient (Wildman–Crippen LogP) is 2.98. The number of hydrogen-bond acceptors (Lipinski definition) is 6. The van der Waals surface area contributed by atoms with Gasteiger partial charge in [-0.1, -0.05) is 19.1 Å². The normalized spacial score (nSPS) is 12.2. The van der Waals surface area contributed by atoms with Crippen LogP contribution in [-0.4, -0.2) is 33.2 Å². The molecule has 0 aliphatic heterocycles. The molecule has 0 aliphatic rings. The number of benzene rings is 1. The van der Waals surface area contributed by atoms with E-state index in [0.29, 0.717) is 24.0 Å². The summed E-state index contributed by atoms with van der Waals surface area (Å²) in [7, 11) is 0. The maximum absolute atomic E-state index is 12.6. The first kappa shape index (κ1) is 20.2. The van der Waals surface area contributed by atoms with E-state index in [2.05, 4.69) is 4.98 Å². The fraction of sp³-hybridized carbons (Fsp3) is 0.381. The number of aliphatic hydroxyl groups excluding tert-OH is 1. The lowest BCUT2D eigenvalue weighted by Crippen LogP contribution is -2.30. The summed E-state index contributed by atoms with van der Waals surface area (Å²) in [6, 6.07) is 9.34. The molecule has 1 aromatic carbocycles. The number of hydrogen-bond donors (Lipinski definition) is 1. The molecule has 0 saturated carbocycles. The first-order valence-electron chi connectivity index (χ1n) is 9.33. The number of fused-ring (bicyclic) bond motifs is 1. The van der Waals surface area contributed by atoms with E-state index < -0.39 is 6.10 Å². The van der Waals surface area contributed by atoms with Crippen LogP contribution in [0.4, 0.5) is 0 Å². The van der Waals surface area contributed by atoms with Crippen molar-refractivity contribution in [1.82, 2.24) is 9.55 Å². The Morgan fingerprint density at radius 3 is 2.75 bits per heavy atom. The third kappa shape index (κ3) is 5.05. The summed E-state index contributed by atoms with van der Waals surface area (Å²) in [6.07, 6.45) is 2.74. The van der Waals surface area contributed by atoms with Gasteiger partial charge in [0.25, 0.3) is 5.56 Å². The van der Waals surface area contributed by atoms with Crippen molar-refractivity contribution in [3.8, 4) is 5.75 Å². The van der Waals surface area contributed by atoms with Crippen molar-refractivity contribution >= 4 is 27.3 Å². The Labute approximate surface area is 167 Å². The van der Waals surface area contributed by atoms with Gasteiger partial charge in [0.05, 0.1) is 18.3 Å². The van der Waals surface area contributed by atoms with E-state index in [-0.39, 0.29) is 24.5 Å². The Morgan fingerprint density at radius 2 is 2.07 bits per heavy atom. The third-order valence-corrected chi connectivity index (χ3v) is 5.64. The summed E-state index contributed by atoms with van der Waals surface area (Å²) in [5.74, 6) is 0.803. The van der Waals surface area contributed by atoms with E-state index in [1.807, 2.05) is 37.3 Å². The van der Waals surface area contributed by atoms with E-state index in [0.717, 1.165) is 21.7 Å². The Bertz CT molecular complexity index is 1010. The highest BCUT2D eigenvalue weighted by Gasteiger charge is 2.12. The number of rotatable bonds is 9. The topological polar surface area (TPSA) is 81.4 Å². The van der Waals surface area contributed by atoms with Crippen LogP contribution in [0.1, 0.15) is 30.7 Å². The molecule has 3 rings (SSSR count). The van der Waals surface area contributed by atoms with E-state index >= 15 is 0 Å². The van der Waals surface area contributed by atoms with Gasteiger partial charge in [0, 0.05) is 11.3 Å². The molecule has 0 aliphatic carbocycles. The highest BCUT2D eigenvalue weighted by atomic mass is 32.1. The zero-order chi connectivity index (χ0) is 20.1. The van der Waals surface area contributed by atoms with Crippen LogP contribution < -0.4 is 10.3 Å². The van der Waals surface area contributed by atoms with Gasteiger partial charge in [-0.05, 0) is 43.5 Å². The summed E-state index contributed by atoms with van der Waals surface area (Å²) in [6.45, 7) is 3.82. The van der Waals surface area contributed by atoms with Crippen LogP contribution in [0, 0.1) is 0 Å². The van der Waals surface area contributed by atoms with Gasteiger partial charge in [-0.15, -0.1) is 11.3 Å². The van der Waals surface area contributed by atoms with Crippen molar-refractivity contribution in [2.24, 2.45) is 0 Å². The summed E-state index contributed by atoms with van der Waals surface area (Å²) >= 11 is 1.52. The van der Waals surface area contributed by atoms with Crippen molar-refractivity contribution in [3.63, 3.8) is 0 Å². The molecule has 2 aromatic heterocycles. The van der Waals surface area contributed by atoms with E-state index in [9.17, 15) is 14.7 Å². The van der Waals surface area contributed by atoms with Crippen LogP contribution >= 0.6 is 11.3 Å². The molecule has 1 N–H and O–H groups in total. The lowest BCUT2D eigenvalue weighted by atomic mass is 10.1. The second-order valence-corrected chi connectivity index (χ2v) is 7.91. The van der Waals surface area contributed by atoms with Crippen LogP contribution in [0.5, 0.6) is 5.75 Å². The monoisotopic (exact) mass is 400 g/mol. The summed E-state index contributed by atoms with van der Waals surface area (Å²) < 4.78 is 7.04. The van der Waals surface area contributed by atoms with Gasteiger partial charge in [0.2, 0.25) is 0 Å². The van der Waals surface area contributed by atoms with Gasteiger partial charge in [0.1, 0.15) is 29.1 Å². The molecule has 0 saturated heterocycles. The number of aliphatic hydroxyl groups is 1. The number of nitrogens with zero attached hydrogens (tertiary/aromatic N) is 2. The third-order valence-electron chi connectivity index (χ3n) is 4.46. The summed E-state index contributed by atoms with van der Waals surface area (Å²) in [5, 5.41) is 10.9. The smallest absolute Gasteiger partial charge is 0.262 e. The molecule has 2 heterocycles. The Hall–Kier alpha value is -2.51. The number of aromatic nitrogens is 2. The van der Waals surface area contributed by atoms with Crippen LogP contribution in [0.2, 0.25) is 0 Å². The summed E-state index contributed by atoms with van der Waals surface area (Å²) in [4.78, 5) is 29.8. The lowest BCUT2D eigenvalue weighted by Gasteiger charge is -2.14. The molecular formula is C21H24N2O4S. The number of aryl methyl sites for hydroxylation is 2. The number of carbonyl (C=O) groups is 1. The minimum atomic E-state index is -0.835. The molecule has 0 spiro atoms. The highest BCUT2D eigenvalue weighted by Crippen LogP contribution is 2.21. The predicted molar refractivity (Wildman–Crippen MR) is 110 cm³/mol. The quantitative estimate of drug-likeness (QED) is 0.597. The minimum Gasteiger partial charge on any atom is -0.491 e. The minimum absolute atomic E-state index is 0.0706. The van der Waals surface area contributed by atoms with Gasteiger partial charge >= 0.3 is 0 Å². The van der Waals surface area contributed by atoms with E-state index in [4.69, 9.17) is 4.74 Å². The maximum atomic E-state index is 12.6. The zero-order valence-electron chi connectivity index (χ0n) is 16.1. The van der Waals surface area contributed by atoms with Gasteiger partial charge < -0.3 is 14.6 Å². The molecule has 1 unspecified atom stereocenters. The number of ether oxygens (including phenoxy) is 1. The average Bonchev–Trinajstić information content (AvgIpc) is 3.12. The Morgan fingerprint density at radius 1 is 1.32 bits per heavy atom. The Balaban J connectivity index is 1.57. The van der Waals surface area contributed by atoms with Crippen LogP contribution in [0.25, 0.3) is 10.2 Å². The molecule has 148 valence electrons. The zero-order valence-corrected chi connectivity index (χ0v) is 16.9. The Kier molecular flexibility index (Phi) is 6.59. The molecule has 0 fully saturated rings. The highest BCUT2D eigenvalue weighted by molar-refractivity contribution is 7.18. The molecule has 0 radical (unpaired) electrons. The van der Waals surface area contributed by atoms with Crippen molar-refractivity contribution in [3.05, 3.63) is 57.5 Å². The van der Waals surface area contributed by atoms with Gasteiger partial charge in [-0.2, -0.15) is 0 Å². The molecule has 0 bridgehead atoms. The molecule has 7 heteroatoms. The van der Waals surface area contributed by atoms with Gasteiger partial charge in [-0.25, -0.2) is 4.98 Å². The van der Waals surface area contributed by atoms with Crippen LogP contribution in [0.15, 0.2) is 41.5 Å².